The number of imide groups is 1. The molecule has 0 spiro atoms. The molecule has 5 nitrogen and oxygen atoms in total. The molecule has 0 saturated carbocycles. The van der Waals surface area contributed by atoms with Gasteiger partial charge in [-0.15, -0.1) is 11.6 Å². The molecule has 1 aliphatic heterocycles. The van der Waals surface area contributed by atoms with Crippen LogP contribution >= 0.6 is 23.4 Å². The largest absolute Gasteiger partial charge is 0.481 e. The van der Waals surface area contributed by atoms with Gasteiger partial charge < -0.3 is 5.11 Å². The average molecular weight is 238 g/mol. The highest BCUT2D eigenvalue weighted by Crippen LogP contribution is 2.28. The Morgan fingerprint density at radius 3 is 2.71 bits per heavy atom. The van der Waals surface area contributed by atoms with Gasteiger partial charge in [0.25, 0.3) is 5.24 Å². The van der Waals surface area contributed by atoms with E-state index < -0.39 is 22.4 Å². The van der Waals surface area contributed by atoms with Crippen LogP contribution in [0, 0.1) is 0 Å². The Balaban J connectivity index is 2.64. The lowest BCUT2D eigenvalue weighted by molar-refractivity contribution is -0.139. The van der Waals surface area contributed by atoms with Gasteiger partial charge in [-0.25, -0.2) is 0 Å². The van der Waals surface area contributed by atoms with Crippen molar-refractivity contribution in [3.63, 3.8) is 0 Å². The maximum atomic E-state index is 11.4. The molecular formula is C7H8ClNO4S. The van der Waals surface area contributed by atoms with E-state index in [1.54, 1.807) is 0 Å². The average Bonchev–Trinajstić information content (AvgIpc) is 2.32. The third kappa shape index (κ3) is 2.39. The van der Waals surface area contributed by atoms with E-state index in [4.69, 9.17) is 16.7 Å². The molecule has 0 aromatic carbocycles. The number of thioether (sulfide) groups is 1. The number of aliphatic carboxylic acids is 1. The molecule has 0 radical (unpaired) electrons. The van der Waals surface area contributed by atoms with Crippen molar-refractivity contribution in [2.45, 2.75) is 11.7 Å². The summed E-state index contributed by atoms with van der Waals surface area (Å²) >= 11 is 6.14. The van der Waals surface area contributed by atoms with Gasteiger partial charge in [0.2, 0.25) is 5.91 Å². The van der Waals surface area contributed by atoms with Gasteiger partial charge in [-0.1, -0.05) is 11.8 Å². The number of carboxylic acids is 1. The van der Waals surface area contributed by atoms with Gasteiger partial charge in [0, 0.05) is 12.4 Å². The molecule has 0 unspecified atom stereocenters. The topological polar surface area (TPSA) is 74.7 Å². The van der Waals surface area contributed by atoms with E-state index >= 15 is 0 Å². The van der Waals surface area contributed by atoms with Crippen molar-refractivity contribution in [3.8, 4) is 0 Å². The standard InChI is InChI=1S/C7H8ClNO4S/c8-1-2-9-6(12)4(3-5(10)11)14-7(9)13/h4H,1-3H2,(H,10,11)/t4-/m1/s1. The van der Waals surface area contributed by atoms with E-state index in [0.29, 0.717) is 0 Å². The normalized spacial score (nSPS) is 21.8. The summed E-state index contributed by atoms with van der Waals surface area (Å²) in [7, 11) is 0. The molecule has 0 aliphatic carbocycles. The van der Waals surface area contributed by atoms with Crippen molar-refractivity contribution in [2.24, 2.45) is 0 Å². The fourth-order valence-electron chi connectivity index (χ4n) is 1.07. The molecule has 1 aliphatic rings. The number of carbonyl (C=O) groups excluding carboxylic acids is 2. The third-order valence-corrected chi connectivity index (χ3v) is 2.92. The Kier molecular flexibility index (Phi) is 3.77. The number of carboxylic acid groups (broad SMARTS) is 1. The molecule has 1 rings (SSSR count). The predicted molar refractivity (Wildman–Crippen MR) is 51.5 cm³/mol. The first-order valence-electron chi connectivity index (χ1n) is 3.86. The van der Waals surface area contributed by atoms with Gasteiger partial charge in [-0.3, -0.25) is 19.3 Å². The number of nitrogens with zero attached hydrogens (tertiary/aromatic N) is 1. The van der Waals surface area contributed by atoms with Crippen LogP contribution in [0.4, 0.5) is 4.79 Å². The van der Waals surface area contributed by atoms with E-state index in [0.717, 1.165) is 16.7 Å². The van der Waals surface area contributed by atoms with Crippen molar-refractivity contribution in [2.75, 3.05) is 12.4 Å². The van der Waals surface area contributed by atoms with Crippen LogP contribution in [0.15, 0.2) is 0 Å². The molecule has 0 bridgehead atoms. The highest BCUT2D eigenvalue weighted by Gasteiger charge is 2.40. The summed E-state index contributed by atoms with van der Waals surface area (Å²) in [5.74, 6) is -1.38. The Hall–Kier alpha value is -0.750. The van der Waals surface area contributed by atoms with Crippen LogP contribution in [-0.2, 0) is 9.59 Å². The summed E-state index contributed by atoms with van der Waals surface area (Å²) in [6.07, 6.45) is -0.325. The Morgan fingerprint density at radius 2 is 2.21 bits per heavy atom. The number of carbonyl (C=O) groups is 3. The first kappa shape index (κ1) is 11.3. The van der Waals surface area contributed by atoms with Crippen LogP contribution in [-0.4, -0.2) is 44.8 Å². The summed E-state index contributed by atoms with van der Waals surface area (Å²) in [6.45, 7) is 0.141. The SMILES string of the molecule is O=C(O)C[C@H]1SC(=O)N(CCCl)C1=O. The zero-order chi connectivity index (χ0) is 10.7. The minimum Gasteiger partial charge on any atom is -0.481 e. The molecular weight excluding hydrogens is 230 g/mol. The van der Waals surface area contributed by atoms with E-state index in [9.17, 15) is 14.4 Å². The lowest BCUT2D eigenvalue weighted by atomic mass is 10.3. The second-order valence-corrected chi connectivity index (χ2v) is 4.18. The van der Waals surface area contributed by atoms with Crippen LogP contribution < -0.4 is 0 Å². The first-order valence-corrected chi connectivity index (χ1v) is 5.27. The van der Waals surface area contributed by atoms with Crippen LogP contribution in [0.3, 0.4) is 0 Å². The fraction of sp³-hybridized carbons (Fsp3) is 0.571. The minimum atomic E-state index is -1.09. The highest BCUT2D eigenvalue weighted by atomic mass is 35.5. The molecule has 0 aromatic heterocycles. The zero-order valence-electron chi connectivity index (χ0n) is 7.10. The second kappa shape index (κ2) is 4.65. The van der Waals surface area contributed by atoms with E-state index in [1.165, 1.54) is 0 Å². The Bertz CT molecular complexity index is 283. The number of alkyl halides is 1. The highest BCUT2D eigenvalue weighted by molar-refractivity contribution is 8.15. The van der Waals surface area contributed by atoms with Crippen molar-refractivity contribution in [1.82, 2.24) is 4.90 Å². The van der Waals surface area contributed by atoms with Gasteiger partial charge in [0.15, 0.2) is 0 Å². The second-order valence-electron chi connectivity index (χ2n) is 2.65. The summed E-state index contributed by atoms with van der Waals surface area (Å²) in [6, 6.07) is 0. The van der Waals surface area contributed by atoms with Gasteiger partial charge in [0.1, 0.15) is 5.25 Å². The van der Waals surface area contributed by atoms with Crippen molar-refractivity contribution in [3.05, 3.63) is 0 Å². The maximum Gasteiger partial charge on any atom is 0.305 e. The molecule has 14 heavy (non-hydrogen) atoms. The smallest absolute Gasteiger partial charge is 0.305 e. The Labute approximate surface area is 89.4 Å². The van der Waals surface area contributed by atoms with Crippen LogP contribution in [0.5, 0.6) is 0 Å². The monoisotopic (exact) mass is 237 g/mol. The van der Waals surface area contributed by atoms with Crippen molar-refractivity contribution < 1.29 is 19.5 Å². The first-order chi connectivity index (χ1) is 6.56. The lowest BCUT2D eigenvalue weighted by Gasteiger charge is -2.10. The van der Waals surface area contributed by atoms with Crippen molar-refractivity contribution in [1.29, 1.82) is 0 Å². The molecule has 1 heterocycles. The molecule has 7 heteroatoms. The maximum absolute atomic E-state index is 11.4. The van der Waals surface area contributed by atoms with Crippen LogP contribution in [0.1, 0.15) is 6.42 Å². The predicted octanol–water partition coefficient (Wildman–Crippen LogP) is 0.764. The van der Waals surface area contributed by atoms with Gasteiger partial charge in [0.05, 0.1) is 6.42 Å². The molecule has 0 aromatic rings. The van der Waals surface area contributed by atoms with Crippen LogP contribution in [0.2, 0.25) is 0 Å². The van der Waals surface area contributed by atoms with E-state index in [1.807, 2.05) is 0 Å². The van der Waals surface area contributed by atoms with Gasteiger partial charge in [-0.2, -0.15) is 0 Å². The summed E-state index contributed by atoms with van der Waals surface area (Å²) in [4.78, 5) is 33.9. The molecule has 1 atom stereocenters. The van der Waals surface area contributed by atoms with Crippen molar-refractivity contribution >= 4 is 40.5 Å². The minimum absolute atomic E-state index is 0.141. The third-order valence-electron chi connectivity index (χ3n) is 1.67. The molecule has 1 fully saturated rings. The molecule has 2 amide bonds. The fourth-order valence-corrected chi connectivity index (χ4v) is 2.25. The van der Waals surface area contributed by atoms with Gasteiger partial charge in [-0.05, 0) is 0 Å². The number of rotatable bonds is 4. The number of hydrogen-bond acceptors (Lipinski definition) is 4. The number of hydrogen-bond donors (Lipinski definition) is 1. The molecule has 1 saturated heterocycles. The summed E-state index contributed by atoms with van der Waals surface area (Å²) in [5, 5.41) is 7.27. The lowest BCUT2D eigenvalue weighted by Crippen LogP contribution is -2.33. The molecule has 1 N–H and O–H groups in total. The number of amides is 2. The van der Waals surface area contributed by atoms with Gasteiger partial charge >= 0.3 is 5.97 Å². The van der Waals surface area contributed by atoms with E-state index in [2.05, 4.69) is 0 Å². The quantitative estimate of drug-likeness (QED) is 0.731. The molecule has 78 valence electrons. The number of halogens is 1. The zero-order valence-corrected chi connectivity index (χ0v) is 8.68. The Morgan fingerprint density at radius 1 is 1.57 bits per heavy atom. The summed E-state index contributed by atoms with van der Waals surface area (Å²) < 4.78 is 0. The van der Waals surface area contributed by atoms with E-state index in [-0.39, 0.29) is 18.8 Å². The van der Waals surface area contributed by atoms with Crippen LogP contribution in [0.25, 0.3) is 0 Å². The summed E-state index contributed by atoms with van der Waals surface area (Å²) in [5.41, 5.74) is 0.